The van der Waals surface area contributed by atoms with Gasteiger partial charge in [-0.25, -0.2) is 0 Å². The molecule has 0 spiro atoms. The van der Waals surface area contributed by atoms with E-state index in [-0.39, 0.29) is 18.9 Å². The smallest absolute Gasteiger partial charge is 0.220 e. The number of allylic oxidation sites excluding steroid dienone is 3. The van der Waals surface area contributed by atoms with Crippen molar-refractivity contribution < 1.29 is 64.6 Å². The largest absolute Gasteiger partial charge is 0.394 e. The predicted molar refractivity (Wildman–Crippen MR) is 263 cm³/mol. The average molecular weight is 958 g/mol. The summed E-state index contributed by atoms with van der Waals surface area (Å²) in [5.41, 5.74) is 0. The van der Waals surface area contributed by atoms with Gasteiger partial charge in [-0.2, -0.15) is 0 Å². The van der Waals surface area contributed by atoms with Gasteiger partial charge in [0.2, 0.25) is 5.91 Å². The molecule has 0 saturated carbocycles. The highest BCUT2D eigenvalue weighted by atomic mass is 16.7. The fourth-order valence-electron chi connectivity index (χ4n) is 8.95. The topological polar surface area (TPSA) is 228 Å². The van der Waals surface area contributed by atoms with E-state index in [1.807, 2.05) is 6.08 Å². The summed E-state index contributed by atoms with van der Waals surface area (Å²) in [6, 6.07) is -0.926. The van der Waals surface area contributed by atoms with E-state index in [0.29, 0.717) is 12.8 Å². The molecule has 14 heteroatoms. The molecular weight excluding hydrogens is 859 g/mol. The number of carbonyl (C=O) groups is 1. The fraction of sp³-hybridized carbons (Fsp3) is 0.906. The van der Waals surface area contributed by atoms with Crippen LogP contribution in [0.15, 0.2) is 24.3 Å². The Morgan fingerprint density at radius 1 is 0.522 bits per heavy atom. The second-order valence-corrected chi connectivity index (χ2v) is 19.4. The number of aliphatic hydroxyl groups excluding tert-OH is 8. The average Bonchev–Trinajstić information content (AvgIpc) is 3.32. The quantitative estimate of drug-likeness (QED) is 0.0211. The SMILES string of the molecule is CCCCCCCCCCC/C=C/CC/C=C/C(O)C(COC1OC(CO)C(OC2OC(CO)C(O)C(O)C2O)C(O)C1O)NC(=O)CCCCCCCCCCCCCCCCCCCC. The summed E-state index contributed by atoms with van der Waals surface area (Å²) in [6.07, 6.45) is 27.9. The van der Waals surface area contributed by atoms with E-state index in [1.165, 1.54) is 148 Å². The van der Waals surface area contributed by atoms with E-state index in [9.17, 15) is 45.6 Å². The summed E-state index contributed by atoms with van der Waals surface area (Å²) < 4.78 is 22.7. The highest BCUT2D eigenvalue weighted by Crippen LogP contribution is 2.30. The van der Waals surface area contributed by atoms with Crippen LogP contribution >= 0.6 is 0 Å². The molecule has 0 bridgehead atoms. The second kappa shape index (κ2) is 40.1. The van der Waals surface area contributed by atoms with E-state index < -0.39 is 86.8 Å². The van der Waals surface area contributed by atoms with Crippen molar-refractivity contribution in [1.82, 2.24) is 5.32 Å². The standard InChI is InChI=1S/C53H99NO13/c1-3-5-7-9-11-13-15-17-19-20-21-23-25-27-29-31-33-35-37-45(58)54-41(42(57)36-34-32-30-28-26-24-22-18-16-14-12-10-8-6-4-2)40-64-52-50(63)48(61)51(44(39-56)66-52)67-53-49(62)47(60)46(59)43(38-55)65-53/h26,28,34,36,41-44,46-53,55-57,59-63H,3-25,27,29-33,35,37-40H2,1-2H3,(H,54,58)/b28-26+,36-34+. The molecule has 12 atom stereocenters. The van der Waals surface area contributed by atoms with Crippen molar-refractivity contribution in [3.05, 3.63) is 24.3 Å². The Bertz CT molecular complexity index is 1220. The van der Waals surface area contributed by atoms with E-state index >= 15 is 0 Å². The monoisotopic (exact) mass is 958 g/mol. The van der Waals surface area contributed by atoms with Gasteiger partial charge in [0.15, 0.2) is 12.6 Å². The first-order chi connectivity index (χ1) is 32.6. The normalized spacial score (nSPS) is 26.7. The van der Waals surface area contributed by atoms with Crippen molar-refractivity contribution in [2.24, 2.45) is 0 Å². The van der Waals surface area contributed by atoms with Crippen LogP contribution in [0.2, 0.25) is 0 Å². The van der Waals surface area contributed by atoms with E-state index in [0.717, 1.165) is 32.1 Å². The van der Waals surface area contributed by atoms with Crippen LogP contribution in [0.1, 0.15) is 213 Å². The Morgan fingerprint density at radius 3 is 1.46 bits per heavy atom. The Morgan fingerprint density at radius 2 is 0.955 bits per heavy atom. The molecule has 2 aliphatic heterocycles. The lowest BCUT2D eigenvalue weighted by atomic mass is 9.97. The number of carbonyl (C=O) groups excluding carboxylic acids is 1. The lowest BCUT2D eigenvalue weighted by molar-refractivity contribution is -0.359. The van der Waals surface area contributed by atoms with Gasteiger partial charge in [-0.3, -0.25) is 4.79 Å². The maximum absolute atomic E-state index is 13.2. The molecule has 67 heavy (non-hydrogen) atoms. The molecule has 2 heterocycles. The van der Waals surface area contributed by atoms with Crippen LogP contribution in [0.3, 0.4) is 0 Å². The van der Waals surface area contributed by atoms with Gasteiger partial charge in [0.05, 0.1) is 32.0 Å². The van der Waals surface area contributed by atoms with E-state index in [2.05, 4.69) is 31.3 Å². The zero-order chi connectivity index (χ0) is 48.9. The van der Waals surface area contributed by atoms with Crippen LogP contribution in [0.25, 0.3) is 0 Å². The van der Waals surface area contributed by atoms with Gasteiger partial charge >= 0.3 is 0 Å². The lowest BCUT2D eigenvalue weighted by Gasteiger charge is -2.46. The van der Waals surface area contributed by atoms with Crippen LogP contribution in [-0.4, -0.2) is 140 Å². The summed E-state index contributed by atoms with van der Waals surface area (Å²) in [6.45, 7) is 2.78. The van der Waals surface area contributed by atoms with Gasteiger partial charge in [-0.1, -0.05) is 199 Å². The van der Waals surface area contributed by atoms with Crippen molar-refractivity contribution >= 4 is 5.91 Å². The highest BCUT2D eigenvalue weighted by molar-refractivity contribution is 5.76. The number of rotatable bonds is 42. The molecule has 2 fully saturated rings. The minimum atomic E-state index is -1.79. The first-order valence-electron chi connectivity index (χ1n) is 27.1. The van der Waals surface area contributed by atoms with Crippen molar-refractivity contribution in [3.8, 4) is 0 Å². The van der Waals surface area contributed by atoms with Crippen LogP contribution in [0.5, 0.6) is 0 Å². The number of ether oxygens (including phenoxy) is 4. The maximum Gasteiger partial charge on any atom is 0.220 e. The van der Waals surface area contributed by atoms with Crippen LogP contribution < -0.4 is 5.32 Å². The molecule has 1 amide bonds. The minimum absolute atomic E-state index is 0.247. The molecule has 0 aliphatic carbocycles. The number of hydrogen-bond acceptors (Lipinski definition) is 13. The number of unbranched alkanes of at least 4 members (excludes halogenated alkanes) is 27. The molecule has 2 aliphatic rings. The van der Waals surface area contributed by atoms with Gasteiger partial charge in [-0.05, 0) is 32.1 Å². The van der Waals surface area contributed by atoms with Gasteiger partial charge in [0, 0.05) is 6.42 Å². The molecule has 0 aromatic carbocycles. The molecule has 0 aromatic rings. The molecule has 0 aromatic heterocycles. The van der Waals surface area contributed by atoms with Gasteiger partial charge in [0.1, 0.15) is 48.8 Å². The Kier molecular flexibility index (Phi) is 36.9. The third kappa shape index (κ3) is 27.0. The summed E-state index contributed by atoms with van der Waals surface area (Å²) in [7, 11) is 0. The van der Waals surface area contributed by atoms with Crippen LogP contribution in [-0.2, 0) is 23.7 Å². The Hall–Kier alpha value is -1.53. The summed E-state index contributed by atoms with van der Waals surface area (Å²) in [5, 5.41) is 86.8. The number of amides is 1. The Balaban J connectivity index is 1.83. The molecule has 0 radical (unpaired) electrons. The zero-order valence-corrected chi connectivity index (χ0v) is 41.9. The molecule has 9 N–H and O–H groups in total. The second-order valence-electron chi connectivity index (χ2n) is 19.4. The summed E-state index contributed by atoms with van der Waals surface area (Å²) >= 11 is 0. The lowest BCUT2D eigenvalue weighted by Crippen LogP contribution is -2.65. The van der Waals surface area contributed by atoms with Gasteiger partial charge in [-0.15, -0.1) is 0 Å². The summed E-state index contributed by atoms with van der Waals surface area (Å²) in [5.74, 6) is -0.247. The van der Waals surface area contributed by atoms with Crippen molar-refractivity contribution in [2.45, 2.75) is 286 Å². The van der Waals surface area contributed by atoms with Crippen molar-refractivity contribution in [1.29, 1.82) is 0 Å². The molecule has 2 rings (SSSR count). The van der Waals surface area contributed by atoms with E-state index in [4.69, 9.17) is 18.9 Å². The molecule has 2 saturated heterocycles. The first kappa shape index (κ1) is 61.6. The predicted octanol–water partition coefficient (Wildman–Crippen LogP) is 7.72. The van der Waals surface area contributed by atoms with Crippen LogP contribution in [0.4, 0.5) is 0 Å². The molecule has 12 unspecified atom stereocenters. The molecule has 394 valence electrons. The number of nitrogens with one attached hydrogen (secondary N) is 1. The minimum Gasteiger partial charge on any atom is -0.394 e. The third-order valence-electron chi connectivity index (χ3n) is 13.4. The van der Waals surface area contributed by atoms with Crippen molar-refractivity contribution in [2.75, 3.05) is 19.8 Å². The zero-order valence-electron chi connectivity index (χ0n) is 41.9. The van der Waals surface area contributed by atoms with E-state index in [1.54, 1.807) is 6.08 Å². The first-order valence-corrected chi connectivity index (χ1v) is 27.1. The van der Waals surface area contributed by atoms with Gasteiger partial charge < -0.3 is 65.1 Å². The number of hydrogen-bond donors (Lipinski definition) is 9. The molecular formula is C53H99NO13. The number of aliphatic hydroxyl groups is 8. The third-order valence-corrected chi connectivity index (χ3v) is 13.4. The maximum atomic E-state index is 13.2. The highest BCUT2D eigenvalue weighted by Gasteiger charge is 2.51. The van der Waals surface area contributed by atoms with Crippen LogP contribution in [0, 0.1) is 0 Å². The van der Waals surface area contributed by atoms with Gasteiger partial charge in [0.25, 0.3) is 0 Å². The Labute approximate surface area is 405 Å². The molecule has 14 nitrogen and oxygen atoms in total. The summed E-state index contributed by atoms with van der Waals surface area (Å²) in [4.78, 5) is 13.2. The fourth-order valence-corrected chi connectivity index (χ4v) is 8.95. The van der Waals surface area contributed by atoms with Crippen molar-refractivity contribution in [3.63, 3.8) is 0 Å².